The van der Waals surface area contributed by atoms with E-state index >= 15 is 0 Å². The summed E-state index contributed by atoms with van der Waals surface area (Å²) in [5.41, 5.74) is 1.64. The van der Waals surface area contributed by atoms with E-state index < -0.39 is 5.56 Å². The molecule has 2 aromatic heterocycles. The molecule has 0 saturated carbocycles. The quantitative estimate of drug-likeness (QED) is 0.491. The van der Waals surface area contributed by atoms with Crippen LogP contribution < -0.4 is 15.6 Å². The summed E-state index contributed by atoms with van der Waals surface area (Å²) in [5.74, 6) is 0.452. The second-order valence-corrected chi connectivity index (χ2v) is 5.89. The Morgan fingerprint density at radius 1 is 1.18 bits per heavy atom. The van der Waals surface area contributed by atoms with Crippen molar-refractivity contribution < 1.29 is 9.53 Å². The van der Waals surface area contributed by atoms with E-state index in [4.69, 9.17) is 4.74 Å². The molecule has 9 heteroatoms. The Morgan fingerprint density at radius 2 is 2.00 bits per heavy atom. The fourth-order valence-corrected chi connectivity index (χ4v) is 2.75. The molecule has 0 aliphatic rings. The Hall–Kier alpha value is -4.01. The lowest BCUT2D eigenvalue weighted by molar-refractivity contribution is 0.102. The van der Waals surface area contributed by atoms with Gasteiger partial charge in [0.15, 0.2) is 11.2 Å². The van der Waals surface area contributed by atoms with Crippen molar-refractivity contribution in [3.8, 4) is 17.1 Å². The molecule has 4 aromatic rings. The fourth-order valence-electron chi connectivity index (χ4n) is 2.75. The summed E-state index contributed by atoms with van der Waals surface area (Å²) in [4.78, 5) is 31.7. The number of hydrogen-bond acceptors (Lipinski definition) is 6. The molecule has 28 heavy (non-hydrogen) atoms. The molecular weight excluding hydrogens is 360 g/mol. The smallest absolute Gasteiger partial charge is 0.281 e. The monoisotopic (exact) mass is 376 g/mol. The van der Waals surface area contributed by atoms with Crippen molar-refractivity contribution in [2.24, 2.45) is 0 Å². The number of carbonyl (C=O) groups excluding carboxylic acids is 1. The topological polar surface area (TPSA) is 126 Å². The zero-order valence-electron chi connectivity index (χ0n) is 14.9. The molecule has 0 radical (unpaired) electrons. The maximum Gasteiger partial charge on any atom is 0.281 e. The molecule has 0 aliphatic carbocycles. The van der Waals surface area contributed by atoms with Crippen molar-refractivity contribution in [3.63, 3.8) is 0 Å². The van der Waals surface area contributed by atoms with Gasteiger partial charge in [-0.15, -0.1) is 5.10 Å². The molecule has 0 atom stereocenters. The molecule has 3 N–H and O–H groups in total. The number of fused-ring (bicyclic) bond motifs is 1. The van der Waals surface area contributed by atoms with Gasteiger partial charge in [-0.05, 0) is 37.3 Å². The molecule has 0 saturated heterocycles. The van der Waals surface area contributed by atoms with Gasteiger partial charge in [-0.2, -0.15) is 0 Å². The van der Waals surface area contributed by atoms with Crippen LogP contribution in [0.5, 0.6) is 5.75 Å². The van der Waals surface area contributed by atoms with Crippen molar-refractivity contribution >= 4 is 22.8 Å². The number of H-pyrrole nitrogens is 2. The third-order valence-electron chi connectivity index (χ3n) is 4.03. The maximum atomic E-state index is 12.6. The summed E-state index contributed by atoms with van der Waals surface area (Å²) in [6.45, 7) is 2.22. The number of para-hydroxylation sites is 1. The number of aromatic nitrogens is 5. The Bertz CT molecular complexity index is 1200. The van der Waals surface area contributed by atoms with Crippen LogP contribution in [0.1, 0.15) is 17.3 Å². The third-order valence-corrected chi connectivity index (χ3v) is 4.03. The van der Waals surface area contributed by atoms with Gasteiger partial charge in [0.05, 0.1) is 12.2 Å². The fraction of sp³-hybridized carbons (Fsp3) is 0.105. The molecule has 0 unspecified atom stereocenters. The van der Waals surface area contributed by atoms with E-state index in [1.807, 2.05) is 25.1 Å². The number of rotatable bonds is 5. The molecule has 1 amide bonds. The van der Waals surface area contributed by atoms with E-state index in [2.05, 4.69) is 30.7 Å². The Balaban J connectivity index is 1.72. The van der Waals surface area contributed by atoms with Crippen LogP contribution in [-0.2, 0) is 0 Å². The summed E-state index contributed by atoms with van der Waals surface area (Å²) in [6, 6.07) is 14.1. The molecule has 0 spiro atoms. The lowest BCUT2D eigenvalue weighted by Gasteiger charge is -2.12. The largest absolute Gasteiger partial charge is 0.493 e. The molecule has 2 heterocycles. The average molecular weight is 376 g/mol. The first-order valence-corrected chi connectivity index (χ1v) is 8.60. The van der Waals surface area contributed by atoms with E-state index in [-0.39, 0.29) is 17.1 Å². The SMILES string of the molecule is CCOc1cc(C(=O)Nc2ccccc2)ccc1-c1nc2[nH]nnc2c(=O)[nH]1. The van der Waals surface area contributed by atoms with Crippen LogP contribution in [0.15, 0.2) is 53.3 Å². The number of nitrogens with one attached hydrogen (secondary N) is 3. The number of amides is 1. The first-order valence-electron chi connectivity index (χ1n) is 8.60. The number of hydrogen-bond donors (Lipinski definition) is 3. The molecule has 9 nitrogen and oxygen atoms in total. The normalized spacial score (nSPS) is 10.8. The highest BCUT2D eigenvalue weighted by Gasteiger charge is 2.16. The highest BCUT2D eigenvalue weighted by molar-refractivity contribution is 6.04. The van der Waals surface area contributed by atoms with Crippen molar-refractivity contribution in [1.82, 2.24) is 25.4 Å². The summed E-state index contributed by atoms with van der Waals surface area (Å²) in [6.07, 6.45) is 0. The van der Waals surface area contributed by atoms with Gasteiger partial charge >= 0.3 is 0 Å². The minimum atomic E-state index is -0.415. The minimum absolute atomic E-state index is 0.126. The van der Waals surface area contributed by atoms with E-state index in [0.717, 1.165) is 0 Å². The number of ether oxygens (including phenoxy) is 1. The Kier molecular flexibility index (Phi) is 4.55. The van der Waals surface area contributed by atoms with Crippen LogP contribution in [0, 0.1) is 0 Å². The first-order chi connectivity index (χ1) is 13.7. The van der Waals surface area contributed by atoms with Crippen molar-refractivity contribution in [2.45, 2.75) is 6.92 Å². The molecule has 140 valence electrons. The highest BCUT2D eigenvalue weighted by Crippen LogP contribution is 2.29. The second-order valence-electron chi connectivity index (χ2n) is 5.89. The number of aromatic amines is 2. The van der Waals surface area contributed by atoms with Gasteiger partial charge in [0.2, 0.25) is 0 Å². The third kappa shape index (κ3) is 3.32. The predicted molar refractivity (Wildman–Crippen MR) is 103 cm³/mol. The second kappa shape index (κ2) is 7.31. The molecule has 0 aliphatic heterocycles. The molecular formula is C19H16N6O3. The summed E-state index contributed by atoms with van der Waals surface area (Å²) < 4.78 is 5.68. The number of nitrogens with zero attached hydrogens (tertiary/aromatic N) is 3. The molecule has 0 bridgehead atoms. The maximum absolute atomic E-state index is 12.6. The van der Waals surface area contributed by atoms with Crippen LogP contribution in [0.25, 0.3) is 22.6 Å². The van der Waals surface area contributed by atoms with Crippen molar-refractivity contribution in [1.29, 1.82) is 0 Å². The lowest BCUT2D eigenvalue weighted by atomic mass is 10.1. The lowest BCUT2D eigenvalue weighted by Crippen LogP contribution is -2.13. The average Bonchev–Trinajstić information content (AvgIpc) is 3.18. The zero-order chi connectivity index (χ0) is 19.5. The van der Waals surface area contributed by atoms with Gasteiger partial charge in [0.25, 0.3) is 11.5 Å². The van der Waals surface area contributed by atoms with Gasteiger partial charge in [-0.1, -0.05) is 23.4 Å². The van der Waals surface area contributed by atoms with Crippen LogP contribution in [0.4, 0.5) is 5.69 Å². The van der Waals surface area contributed by atoms with Gasteiger partial charge in [-0.25, -0.2) is 10.1 Å². The van der Waals surface area contributed by atoms with Crippen molar-refractivity contribution in [3.05, 3.63) is 64.4 Å². The Morgan fingerprint density at radius 3 is 2.79 bits per heavy atom. The zero-order valence-corrected chi connectivity index (χ0v) is 14.9. The standard InChI is InChI=1S/C19H16N6O3/c1-2-28-14-10-11(18(26)20-12-6-4-3-5-7-12)8-9-13(14)16-21-17-15(19(27)22-16)23-25-24-17/h3-10H,2H2,1H3,(H,20,26)(H2,21,22,23,24,25,27). The first kappa shape index (κ1) is 17.4. The number of benzene rings is 2. The summed E-state index contributed by atoms with van der Waals surface area (Å²) >= 11 is 0. The predicted octanol–water partition coefficient (Wildman–Crippen LogP) is 2.36. The van der Waals surface area contributed by atoms with Crippen LogP contribution in [-0.4, -0.2) is 37.9 Å². The van der Waals surface area contributed by atoms with Gasteiger partial charge in [0, 0.05) is 11.3 Å². The van der Waals surface area contributed by atoms with E-state index in [0.29, 0.717) is 35.0 Å². The summed E-state index contributed by atoms with van der Waals surface area (Å²) in [7, 11) is 0. The summed E-state index contributed by atoms with van der Waals surface area (Å²) in [5, 5.41) is 12.7. The van der Waals surface area contributed by atoms with E-state index in [9.17, 15) is 9.59 Å². The van der Waals surface area contributed by atoms with Crippen LogP contribution >= 0.6 is 0 Å². The van der Waals surface area contributed by atoms with Crippen LogP contribution in [0.3, 0.4) is 0 Å². The van der Waals surface area contributed by atoms with Gasteiger partial charge < -0.3 is 15.0 Å². The van der Waals surface area contributed by atoms with Gasteiger partial charge in [-0.3, -0.25) is 9.59 Å². The molecule has 2 aromatic carbocycles. The van der Waals surface area contributed by atoms with Crippen molar-refractivity contribution in [2.75, 3.05) is 11.9 Å². The number of anilines is 1. The van der Waals surface area contributed by atoms with Crippen LogP contribution in [0.2, 0.25) is 0 Å². The van der Waals surface area contributed by atoms with E-state index in [1.54, 1.807) is 30.3 Å². The molecule has 0 fully saturated rings. The minimum Gasteiger partial charge on any atom is -0.493 e. The Labute approximate surface area is 158 Å². The van der Waals surface area contributed by atoms with Gasteiger partial charge in [0.1, 0.15) is 11.6 Å². The molecule has 4 rings (SSSR count). The number of carbonyl (C=O) groups is 1. The van der Waals surface area contributed by atoms with E-state index in [1.165, 1.54) is 0 Å². The highest BCUT2D eigenvalue weighted by atomic mass is 16.5.